The van der Waals surface area contributed by atoms with Crippen LogP contribution in [-0.4, -0.2) is 7.11 Å². The number of benzene rings is 3. The van der Waals surface area contributed by atoms with Gasteiger partial charge in [-0.1, -0.05) is 48.0 Å². The molecule has 0 heterocycles. The summed E-state index contributed by atoms with van der Waals surface area (Å²) in [6, 6.07) is 19.2. The van der Waals surface area contributed by atoms with Crippen molar-refractivity contribution in [1.29, 1.82) is 0 Å². The molecule has 0 atom stereocenters. The molecule has 1 nitrogen and oxygen atoms in total. The molecule has 0 aliphatic heterocycles. The van der Waals surface area contributed by atoms with E-state index in [1.54, 1.807) is 7.11 Å². The van der Waals surface area contributed by atoms with E-state index in [2.05, 4.69) is 62.4 Å². The van der Waals surface area contributed by atoms with Crippen molar-refractivity contribution in [3.63, 3.8) is 0 Å². The van der Waals surface area contributed by atoms with E-state index in [9.17, 15) is 0 Å². The number of hydrogen-bond donors (Lipinski definition) is 0. The Morgan fingerprint density at radius 2 is 1.65 bits per heavy atom. The Balaban J connectivity index is 2.40. The highest BCUT2D eigenvalue weighted by Crippen LogP contribution is 2.37. The second-order valence-electron chi connectivity index (χ2n) is 5.18. The normalized spacial score (nSPS) is 10.8. The molecule has 3 aromatic carbocycles. The first-order chi connectivity index (χ1) is 9.70. The van der Waals surface area contributed by atoms with Gasteiger partial charge in [-0.25, -0.2) is 0 Å². The standard InChI is InChI=1S/C19H18O/c1-13-8-11-18(20-3)17(12-13)19-14(2)9-10-15-6-4-5-7-16(15)19/h4-12H,1-3H3. The van der Waals surface area contributed by atoms with Gasteiger partial charge in [-0.05, 0) is 47.9 Å². The predicted octanol–water partition coefficient (Wildman–Crippen LogP) is 5.13. The highest BCUT2D eigenvalue weighted by atomic mass is 16.5. The van der Waals surface area contributed by atoms with Crippen LogP contribution in [0.15, 0.2) is 54.6 Å². The molecule has 0 N–H and O–H groups in total. The molecule has 0 amide bonds. The van der Waals surface area contributed by atoms with Crippen molar-refractivity contribution in [1.82, 2.24) is 0 Å². The molecule has 0 saturated heterocycles. The van der Waals surface area contributed by atoms with Crippen molar-refractivity contribution in [2.45, 2.75) is 13.8 Å². The third kappa shape index (κ3) is 2.05. The van der Waals surface area contributed by atoms with E-state index in [0.717, 1.165) is 5.75 Å². The quantitative estimate of drug-likeness (QED) is 0.622. The lowest BCUT2D eigenvalue weighted by molar-refractivity contribution is 0.416. The molecular weight excluding hydrogens is 244 g/mol. The van der Waals surface area contributed by atoms with Crippen LogP contribution in [-0.2, 0) is 0 Å². The number of fused-ring (bicyclic) bond motifs is 1. The minimum Gasteiger partial charge on any atom is -0.496 e. The lowest BCUT2D eigenvalue weighted by Gasteiger charge is -2.15. The van der Waals surface area contributed by atoms with Crippen molar-refractivity contribution >= 4 is 10.8 Å². The first kappa shape index (κ1) is 12.7. The number of ether oxygens (including phenoxy) is 1. The van der Waals surface area contributed by atoms with Gasteiger partial charge in [0.05, 0.1) is 7.11 Å². The fourth-order valence-electron chi connectivity index (χ4n) is 2.76. The second-order valence-corrected chi connectivity index (χ2v) is 5.18. The first-order valence-corrected chi connectivity index (χ1v) is 6.84. The van der Waals surface area contributed by atoms with Gasteiger partial charge in [0.25, 0.3) is 0 Å². The molecule has 0 saturated carbocycles. The van der Waals surface area contributed by atoms with E-state index in [4.69, 9.17) is 4.74 Å². The van der Waals surface area contributed by atoms with Crippen LogP contribution in [0.3, 0.4) is 0 Å². The molecule has 0 spiro atoms. The average molecular weight is 262 g/mol. The molecule has 0 unspecified atom stereocenters. The molecule has 0 fully saturated rings. The van der Waals surface area contributed by atoms with Crippen molar-refractivity contribution < 1.29 is 4.74 Å². The molecule has 0 aliphatic carbocycles. The zero-order valence-electron chi connectivity index (χ0n) is 12.1. The van der Waals surface area contributed by atoms with Crippen LogP contribution < -0.4 is 4.74 Å². The highest BCUT2D eigenvalue weighted by molar-refractivity contribution is 5.99. The fourth-order valence-corrected chi connectivity index (χ4v) is 2.76. The van der Waals surface area contributed by atoms with Gasteiger partial charge in [0.15, 0.2) is 0 Å². The van der Waals surface area contributed by atoms with Gasteiger partial charge in [0.1, 0.15) is 5.75 Å². The summed E-state index contributed by atoms with van der Waals surface area (Å²) in [5, 5.41) is 2.54. The smallest absolute Gasteiger partial charge is 0.126 e. The van der Waals surface area contributed by atoms with Gasteiger partial charge in [-0.15, -0.1) is 0 Å². The fraction of sp³-hybridized carbons (Fsp3) is 0.158. The monoisotopic (exact) mass is 262 g/mol. The third-order valence-corrected chi connectivity index (χ3v) is 3.76. The van der Waals surface area contributed by atoms with Crippen molar-refractivity contribution in [3.8, 4) is 16.9 Å². The Morgan fingerprint density at radius 1 is 0.850 bits per heavy atom. The van der Waals surface area contributed by atoms with Gasteiger partial charge in [-0.2, -0.15) is 0 Å². The van der Waals surface area contributed by atoms with Gasteiger partial charge >= 0.3 is 0 Å². The summed E-state index contributed by atoms with van der Waals surface area (Å²) in [5.74, 6) is 0.926. The van der Waals surface area contributed by atoms with Crippen LogP contribution in [0.2, 0.25) is 0 Å². The maximum absolute atomic E-state index is 5.56. The third-order valence-electron chi connectivity index (χ3n) is 3.76. The van der Waals surface area contributed by atoms with E-state index in [0.29, 0.717) is 0 Å². The van der Waals surface area contributed by atoms with Crippen LogP contribution >= 0.6 is 0 Å². The maximum atomic E-state index is 5.56. The molecule has 0 bridgehead atoms. The Hall–Kier alpha value is -2.28. The summed E-state index contributed by atoms with van der Waals surface area (Å²) >= 11 is 0. The minimum atomic E-state index is 0.926. The average Bonchev–Trinajstić information content (AvgIpc) is 2.47. The number of hydrogen-bond acceptors (Lipinski definition) is 1. The molecule has 0 radical (unpaired) electrons. The topological polar surface area (TPSA) is 9.23 Å². The van der Waals surface area contributed by atoms with E-state index in [1.165, 1.54) is 33.0 Å². The zero-order valence-corrected chi connectivity index (χ0v) is 12.1. The molecule has 20 heavy (non-hydrogen) atoms. The van der Waals surface area contributed by atoms with Crippen molar-refractivity contribution in [2.24, 2.45) is 0 Å². The lowest BCUT2D eigenvalue weighted by atomic mass is 9.92. The molecule has 0 aliphatic rings. The van der Waals surface area contributed by atoms with Gasteiger partial charge < -0.3 is 4.74 Å². The molecular formula is C19H18O. The van der Waals surface area contributed by atoms with Gasteiger partial charge in [0, 0.05) is 5.56 Å². The Kier molecular flexibility index (Phi) is 3.19. The minimum absolute atomic E-state index is 0.926. The summed E-state index contributed by atoms with van der Waals surface area (Å²) in [4.78, 5) is 0. The number of aryl methyl sites for hydroxylation is 2. The van der Waals surface area contributed by atoms with Crippen molar-refractivity contribution in [3.05, 3.63) is 65.7 Å². The Labute approximate surface area is 119 Å². The van der Waals surface area contributed by atoms with Crippen LogP contribution in [0.5, 0.6) is 5.75 Å². The van der Waals surface area contributed by atoms with E-state index in [1.807, 2.05) is 6.07 Å². The van der Waals surface area contributed by atoms with Crippen LogP contribution in [0.1, 0.15) is 11.1 Å². The molecule has 0 aromatic heterocycles. The second kappa shape index (κ2) is 5.01. The first-order valence-electron chi connectivity index (χ1n) is 6.84. The van der Waals surface area contributed by atoms with Crippen LogP contribution in [0, 0.1) is 13.8 Å². The summed E-state index contributed by atoms with van der Waals surface area (Å²) in [6.07, 6.45) is 0. The van der Waals surface area contributed by atoms with Gasteiger partial charge in [0.2, 0.25) is 0 Å². The maximum Gasteiger partial charge on any atom is 0.126 e. The molecule has 100 valence electrons. The number of rotatable bonds is 2. The van der Waals surface area contributed by atoms with Crippen LogP contribution in [0.25, 0.3) is 21.9 Å². The van der Waals surface area contributed by atoms with Gasteiger partial charge in [-0.3, -0.25) is 0 Å². The molecule has 1 heteroatoms. The summed E-state index contributed by atoms with van der Waals surface area (Å²) in [5.41, 5.74) is 4.95. The Morgan fingerprint density at radius 3 is 2.45 bits per heavy atom. The van der Waals surface area contributed by atoms with E-state index < -0.39 is 0 Å². The molecule has 3 rings (SSSR count). The predicted molar refractivity (Wildman–Crippen MR) is 85.4 cm³/mol. The Bertz CT molecular complexity index is 772. The SMILES string of the molecule is COc1ccc(C)cc1-c1c(C)ccc2ccccc12. The largest absolute Gasteiger partial charge is 0.496 e. The summed E-state index contributed by atoms with van der Waals surface area (Å²) in [7, 11) is 1.73. The summed E-state index contributed by atoms with van der Waals surface area (Å²) < 4.78 is 5.56. The lowest BCUT2D eigenvalue weighted by Crippen LogP contribution is -1.92. The molecule has 3 aromatic rings. The van der Waals surface area contributed by atoms with Crippen LogP contribution in [0.4, 0.5) is 0 Å². The zero-order chi connectivity index (χ0) is 14.1. The highest BCUT2D eigenvalue weighted by Gasteiger charge is 2.12. The van der Waals surface area contributed by atoms with E-state index in [-0.39, 0.29) is 0 Å². The van der Waals surface area contributed by atoms with Crippen molar-refractivity contribution in [2.75, 3.05) is 7.11 Å². The number of methoxy groups -OCH3 is 1. The summed E-state index contributed by atoms with van der Waals surface area (Å²) in [6.45, 7) is 4.27. The van der Waals surface area contributed by atoms with E-state index >= 15 is 0 Å².